The van der Waals surface area contributed by atoms with E-state index in [0.717, 1.165) is 36.1 Å². The van der Waals surface area contributed by atoms with Gasteiger partial charge in [0.1, 0.15) is 0 Å². The molecule has 0 unspecified atom stereocenters. The van der Waals surface area contributed by atoms with Gasteiger partial charge in [0.15, 0.2) is 11.7 Å². The molecule has 2 aromatic rings. The summed E-state index contributed by atoms with van der Waals surface area (Å²) in [7, 11) is 1.69. The summed E-state index contributed by atoms with van der Waals surface area (Å²) in [6, 6.07) is 10.5. The van der Waals surface area contributed by atoms with Crippen LogP contribution in [0.4, 0.5) is 13.2 Å². The second-order valence-electron chi connectivity index (χ2n) is 6.73. The van der Waals surface area contributed by atoms with Crippen LogP contribution in [0.15, 0.2) is 40.7 Å². The van der Waals surface area contributed by atoms with Gasteiger partial charge in [-0.25, -0.2) is 4.98 Å². The number of guanidine groups is 1. The summed E-state index contributed by atoms with van der Waals surface area (Å²) < 4.78 is 37.8. The highest BCUT2D eigenvalue weighted by molar-refractivity contribution is 14.0. The Hall–Kier alpha value is -1.36. The fourth-order valence-electron chi connectivity index (χ4n) is 3.28. The molecule has 4 nitrogen and oxygen atoms in total. The van der Waals surface area contributed by atoms with Crippen LogP contribution in [0, 0.1) is 0 Å². The molecule has 0 aliphatic heterocycles. The quantitative estimate of drug-likeness (QED) is 0.330. The number of rotatable bonds is 6. The Labute approximate surface area is 184 Å². The summed E-state index contributed by atoms with van der Waals surface area (Å²) >= 11 is 1.03. The molecule has 1 aliphatic carbocycles. The van der Waals surface area contributed by atoms with Crippen LogP contribution in [0.2, 0.25) is 0 Å². The van der Waals surface area contributed by atoms with Gasteiger partial charge in [0.2, 0.25) is 0 Å². The summed E-state index contributed by atoms with van der Waals surface area (Å²) in [5.74, 6) is 0.657. The summed E-state index contributed by atoms with van der Waals surface area (Å²) in [5.41, 5.74) is 0.650. The minimum absolute atomic E-state index is 0. The number of aromatic nitrogens is 1. The van der Waals surface area contributed by atoms with E-state index in [1.807, 2.05) is 6.07 Å². The molecule has 0 radical (unpaired) electrons. The number of hydrogen-bond acceptors (Lipinski definition) is 3. The van der Waals surface area contributed by atoms with E-state index in [9.17, 15) is 13.2 Å². The van der Waals surface area contributed by atoms with Gasteiger partial charge in [-0.3, -0.25) is 4.99 Å². The van der Waals surface area contributed by atoms with Crippen LogP contribution in [-0.2, 0) is 18.0 Å². The molecule has 1 aromatic heterocycles. The van der Waals surface area contributed by atoms with E-state index in [1.54, 1.807) is 7.05 Å². The maximum Gasteiger partial charge on any atom is 0.434 e. The molecule has 1 saturated carbocycles. The van der Waals surface area contributed by atoms with Crippen molar-refractivity contribution in [1.82, 2.24) is 15.6 Å². The third-order valence-corrected chi connectivity index (χ3v) is 5.90. The topological polar surface area (TPSA) is 49.3 Å². The van der Waals surface area contributed by atoms with Gasteiger partial charge < -0.3 is 10.6 Å². The number of aliphatic imine (C=N–C) groups is 1. The van der Waals surface area contributed by atoms with E-state index >= 15 is 0 Å². The fourth-order valence-corrected chi connectivity index (χ4v) is 4.09. The third kappa shape index (κ3) is 5.59. The Morgan fingerprint density at radius 2 is 1.93 bits per heavy atom. The molecule has 2 N–H and O–H groups in total. The third-order valence-electron chi connectivity index (χ3n) is 4.99. The summed E-state index contributed by atoms with van der Waals surface area (Å²) in [5, 5.41) is 8.05. The minimum atomic E-state index is -4.38. The zero-order chi connectivity index (χ0) is 19.3. The lowest BCUT2D eigenvalue weighted by Gasteiger charge is -2.43. The molecule has 1 aromatic carbocycles. The van der Waals surface area contributed by atoms with E-state index in [2.05, 4.69) is 44.9 Å². The molecule has 0 saturated heterocycles. The molecule has 0 amide bonds. The molecule has 154 valence electrons. The van der Waals surface area contributed by atoms with Crippen LogP contribution in [0.25, 0.3) is 0 Å². The number of nitrogens with one attached hydrogen (secondary N) is 2. The summed E-state index contributed by atoms with van der Waals surface area (Å²) in [6.07, 6.45) is -0.464. The monoisotopic (exact) mass is 524 g/mol. The van der Waals surface area contributed by atoms with Crippen LogP contribution in [-0.4, -0.2) is 31.1 Å². The average molecular weight is 524 g/mol. The highest BCUT2D eigenvalue weighted by Crippen LogP contribution is 2.43. The second-order valence-corrected chi connectivity index (χ2v) is 7.67. The van der Waals surface area contributed by atoms with Crippen molar-refractivity contribution in [2.45, 2.75) is 37.3 Å². The Morgan fingerprint density at radius 1 is 1.21 bits per heavy atom. The van der Waals surface area contributed by atoms with Crippen molar-refractivity contribution in [2.75, 3.05) is 20.1 Å². The van der Waals surface area contributed by atoms with Crippen LogP contribution in [0.3, 0.4) is 0 Å². The Morgan fingerprint density at radius 3 is 2.46 bits per heavy atom. The van der Waals surface area contributed by atoms with Crippen molar-refractivity contribution >= 4 is 41.3 Å². The SMILES string of the molecule is CN=C(NCCc1nc(C(F)(F)F)cs1)NCC1(c2ccccc2)CCC1.I. The Kier molecular flexibility index (Phi) is 8.11. The number of benzene rings is 1. The molecule has 0 spiro atoms. The lowest BCUT2D eigenvalue weighted by molar-refractivity contribution is -0.140. The van der Waals surface area contributed by atoms with Crippen molar-refractivity contribution in [3.63, 3.8) is 0 Å². The van der Waals surface area contributed by atoms with Gasteiger partial charge in [-0.1, -0.05) is 36.8 Å². The maximum absolute atomic E-state index is 12.6. The molecule has 9 heteroatoms. The summed E-state index contributed by atoms with van der Waals surface area (Å²) in [6.45, 7) is 1.26. The Balaban J connectivity index is 0.00000280. The molecule has 1 heterocycles. The number of halogens is 4. The highest BCUT2D eigenvalue weighted by atomic mass is 127. The normalized spacial score (nSPS) is 16.1. The first-order valence-electron chi connectivity index (χ1n) is 8.95. The zero-order valence-electron chi connectivity index (χ0n) is 15.6. The molecular formula is C19H24F3IN4S. The van der Waals surface area contributed by atoms with Crippen LogP contribution >= 0.6 is 35.3 Å². The molecule has 1 fully saturated rings. The molecular weight excluding hydrogens is 500 g/mol. The van der Waals surface area contributed by atoms with Gasteiger partial charge in [-0.2, -0.15) is 13.2 Å². The zero-order valence-corrected chi connectivity index (χ0v) is 18.7. The van der Waals surface area contributed by atoms with Crippen molar-refractivity contribution in [3.8, 4) is 0 Å². The number of thiazole rings is 1. The fraction of sp³-hybridized carbons (Fsp3) is 0.474. The van der Waals surface area contributed by atoms with Crippen LogP contribution in [0.5, 0.6) is 0 Å². The average Bonchev–Trinajstić information content (AvgIpc) is 3.09. The Bertz CT molecular complexity index is 773. The van der Waals surface area contributed by atoms with Gasteiger partial charge in [0.25, 0.3) is 0 Å². The molecule has 0 atom stereocenters. The first-order valence-corrected chi connectivity index (χ1v) is 9.83. The minimum Gasteiger partial charge on any atom is -0.356 e. The van der Waals surface area contributed by atoms with Gasteiger partial charge in [-0.05, 0) is 18.4 Å². The smallest absolute Gasteiger partial charge is 0.356 e. The number of alkyl halides is 3. The van der Waals surface area contributed by atoms with Crippen molar-refractivity contribution in [2.24, 2.45) is 4.99 Å². The highest BCUT2D eigenvalue weighted by Gasteiger charge is 2.38. The van der Waals surface area contributed by atoms with Crippen molar-refractivity contribution < 1.29 is 13.2 Å². The lowest BCUT2D eigenvalue weighted by Crippen LogP contribution is -2.49. The van der Waals surface area contributed by atoms with Crippen molar-refractivity contribution in [3.05, 3.63) is 52.0 Å². The van der Waals surface area contributed by atoms with Gasteiger partial charge in [-0.15, -0.1) is 35.3 Å². The van der Waals surface area contributed by atoms with Gasteiger partial charge >= 0.3 is 6.18 Å². The lowest BCUT2D eigenvalue weighted by atomic mass is 9.64. The first-order chi connectivity index (χ1) is 12.9. The van der Waals surface area contributed by atoms with Crippen LogP contribution < -0.4 is 10.6 Å². The van der Waals surface area contributed by atoms with Gasteiger partial charge in [0, 0.05) is 37.4 Å². The predicted octanol–water partition coefficient (Wildman–Crippen LogP) is 4.61. The van der Waals surface area contributed by atoms with E-state index in [4.69, 9.17) is 0 Å². The maximum atomic E-state index is 12.6. The number of nitrogens with zero attached hydrogens (tertiary/aromatic N) is 2. The van der Waals surface area contributed by atoms with E-state index in [-0.39, 0.29) is 29.4 Å². The van der Waals surface area contributed by atoms with E-state index in [1.165, 1.54) is 12.0 Å². The van der Waals surface area contributed by atoms with Crippen LogP contribution in [0.1, 0.15) is 35.5 Å². The largest absolute Gasteiger partial charge is 0.434 e. The summed E-state index contributed by atoms with van der Waals surface area (Å²) in [4.78, 5) is 7.86. The first kappa shape index (κ1) is 22.9. The predicted molar refractivity (Wildman–Crippen MR) is 118 cm³/mol. The number of hydrogen-bond donors (Lipinski definition) is 2. The van der Waals surface area contributed by atoms with Gasteiger partial charge in [0.05, 0.1) is 5.01 Å². The van der Waals surface area contributed by atoms with E-state index < -0.39 is 11.9 Å². The van der Waals surface area contributed by atoms with E-state index in [0.29, 0.717) is 23.9 Å². The second kappa shape index (κ2) is 9.91. The standard InChI is InChI=1S/C19H23F3N4S.HI/c1-23-17(24-11-8-16-26-15(12-27-16)19(20,21)22)25-13-18(9-5-10-18)14-6-3-2-4-7-14;/h2-4,6-7,12H,5,8-11,13H2,1H3,(H2,23,24,25);1H. The van der Waals surface area contributed by atoms with Crippen molar-refractivity contribution in [1.29, 1.82) is 0 Å². The molecule has 1 aliphatic rings. The molecule has 28 heavy (non-hydrogen) atoms. The molecule has 0 bridgehead atoms. The molecule has 3 rings (SSSR count).